The Labute approximate surface area is 197 Å². The molecule has 0 fully saturated rings. The van der Waals surface area contributed by atoms with Crippen molar-refractivity contribution < 1.29 is 38.1 Å². The molecular weight excluding hydrogens is 444 g/mol. The summed E-state index contributed by atoms with van der Waals surface area (Å²) in [6.07, 6.45) is 2.87. The van der Waals surface area contributed by atoms with E-state index in [0.29, 0.717) is 39.9 Å². The molecule has 10 nitrogen and oxygen atoms in total. The van der Waals surface area contributed by atoms with Crippen LogP contribution in [0.2, 0.25) is 0 Å². The molecule has 0 aliphatic carbocycles. The third kappa shape index (κ3) is 7.44. The van der Waals surface area contributed by atoms with Gasteiger partial charge in [0.15, 0.2) is 0 Å². The van der Waals surface area contributed by atoms with Crippen LogP contribution in [0.1, 0.15) is 18.9 Å². The second kappa shape index (κ2) is 12.7. The molecule has 0 spiro atoms. The number of hydrogen-bond acceptors (Lipinski definition) is 8. The monoisotopic (exact) mass is 472 g/mol. The molecule has 2 aromatic carbocycles. The summed E-state index contributed by atoms with van der Waals surface area (Å²) in [5, 5.41) is 5.40. The van der Waals surface area contributed by atoms with Crippen molar-refractivity contribution in [2.24, 2.45) is 0 Å². The van der Waals surface area contributed by atoms with Gasteiger partial charge in [-0.25, -0.2) is 0 Å². The van der Waals surface area contributed by atoms with Gasteiger partial charge in [-0.15, -0.1) is 0 Å². The fraction of sp³-hybridized carbons (Fsp3) is 0.292. The average Bonchev–Trinajstić information content (AvgIpc) is 2.82. The lowest BCUT2D eigenvalue weighted by Crippen LogP contribution is -2.16. The number of benzene rings is 2. The molecule has 0 heterocycles. The van der Waals surface area contributed by atoms with Gasteiger partial charge in [-0.2, -0.15) is 0 Å². The van der Waals surface area contributed by atoms with Crippen molar-refractivity contribution in [3.63, 3.8) is 0 Å². The summed E-state index contributed by atoms with van der Waals surface area (Å²) in [5.74, 6) is 0.650. The fourth-order valence-corrected chi connectivity index (χ4v) is 2.92. The molecular formula is C24H28N2O8. The van der Waals surface area contributed by atoms with Crippen LogP contribution in [0.4, 0.5) is 11.4 Å². The van der Waals surface area contributed by atoms with Crippen LogP contribution in [-0.4, -0.2) is 52.8 Å². The van der Waals surface area contributed by atoms with Crippen molar-refractivity contribution in [3.8, 4) is 23.0 Å². The SMILES string of the molecule is COc1cc(OC)c(C=CC(=O)Nc2ccc(OC)c(NC(=O)CCOC(C)=O)c2)c(OC)c1. The highest BCUT2D eigenvalue weighted by molar-refractivity contribution is 6.03. The van der Waals surface area contributed by atoms with E-state index in [1.807, 2.05) is 0 Å². The van der Waals surface area contributed by atoms with Gasteiger partial charge in [0, 0.05) is 30.8 Å². The van der Waals surface area contributed by atoms with E-state index in [-0.39, 0.29) is 18.9 Å². The predicted molar refractivity (Wildman–Crippen MR) is 127 cm³/mol. The Kier molecular flexibility index (Phi) is 9.75. The van der Waals surface area contributed by atoms with E-state index in [2.05, 4.69) is 10.6 Å². The summed E-state index contributed by atoms with van der Waals surface area (Å²) in [6.45, 7) is 1.23. The molecule has 10 heteroatoms. The fourth-order valence-electron chi connectivity index (χ4n) is 2.92. The van der Waals surface area contributed by atoms with Gasteiger partial charge in [-0.05, 0) is 24.3 Å². The van der Waals surface area contributed by atoms with E-state index in [9.17, 15) is 14.4 Å². The molecule has 0 radical (unpaired) electrons. The Balaban J connectivity index is 2.14. The van der Waals surface area contributed by atoms with E-state index < -0.39 is 11.9 Å². The van der Waals surface area contributed by atoms with Gasteiger partial charge in [0.05, 0.1) is 46.1 Å². The third-order valence-corrected chi connectivity index (χ3v) is 4.53. The van der Waals surface area contributed by atoms with Crippen LogP contribution in [0.5, 0.6) is 23.0 Å². The zero-order chi connectivity index (χ0) is 25.1. The molecule has 0 aromatic heterocycles. The molecule has 2 N–H and O–H groups in total. The smallest absolute Gasteiger partial charge is 0.302 e. The number of esters is 1. The van der Waals surface area contributed by atoms with Gasteiger partial charge in [0.2, 0.25) is 11.8 Å². The number of rotatable bonds is 11. The highest BCUT2D eigenvalue weighted by Gasteiger charge is 2.13. The van der Waals surface area contributed by atoms with Crippen LogP contribution in [0.3, 0.4) is 0 Å². The van der Waals surface area contributed by atoms with E-state index in [0.717, 1.165) is 0 Å². The summed E-state index contributed by atoms with van der Waals surface area (Å²) in [5.41, 5.74) is 1.35. The molecule has 182 valence electrons. The summed E-state index contributed by atoms with van der Waals surface area (Å²) in [4.78, 5) is 35.5. The number of carbonyl (C=O) groups is 3. The minimum Gasteiger partial charge on any atom is -0.496 e. The predicted octanol–water partition coefficient (Wildman–Crippen LogP) is 3.26. The minimum absolute atomic E-state index is 0.0203. The average molecular weight is 472 g/mol. The van der Waals surface area contributed by atoms with Crippen LogP contribution in [0.25, 0.3) is 6.08 Å². The summed E-state index contributed by atoms with van der Waals surface area (Å²) in [6, 6.07) is 8.16. The van der Waals surface area contributed by atoms with Crippen LogP contribution in [0, 0.1) is 0 Å². The number of nitrogens with one attached hydrogen (secondary N) is 2. The lowest BCUT2D eigenvalue weighted by molar-refractivity contribution is -0.141. The van der Waals surface area contributed by atoms with E-state index >= 15 is 0 Å². The Bertz CT molecular complexity index is 1040. The molecule has 2 aromatic rings. The maximum absolute atomic E-state index is 12.5. The van der Waals surface area contributed by atoms with Gasteiger partial charge in [-0.3, -0.25) is 14.4 Å². The molecule has 0 saturated heterocycles. The maximum Gasteiger partial charge on any atom is 0.302 e. The molecule has 0 bridgehead atoms. The van der Waals surface area contributed by atoms with Crippen LogP contribution in [0.15, 0.2) is 36.4 Å². The van der Waals surface area contributed by atoms with E-state index in [1.165, 1.54) is 41.4 Å². The Morgan fingerprint density at radius 2 is 1.50 bits per heavy atom. The minimum atomic E-state index is -0.465. The maximum atomic E-state index is 12.5. The molecule has 0 unspecified atom stereocenters. The number of carbonyl (C=O) groups excluding carboxylic acids is 3. The van der Waals surface area contributed by atoms with E-state index in [1.54, 1.807) is 36.4 Å². The first-order valence-electron chi connectivity index (χ1n) is 10.2. The molecule has 0 aliphatic heterocycles. The molecule has 2 amide bonds. The van der Waals surface area contributed by atoms with Crippen LogP contribution >= 0.6 is 0 Å². The van der Waals surface area contributed by atoms with Crippen LogP contribution in [-0.2, 0) is 19.1 Å². The first kappa shape index (κ1) is 26.0. The van der Waals surface area contributed by atoms with Crippen molar-refractivity contribution >= 4 is 35.2 Å². The Morgan fingerprint density at radius 1 is 0.853 bits per heavy atom. The molecule has 2 rings (SSSR count). The number of methoxy groups -OCH3 is 4. The Morgan fingerprint density at radius 3 is 2.06 bits per heavy atom. The highest BCUT2D eigenvalue weighted by Crippen LogP contribution is 2.35. The van der Waals surface area contributed by atoms with Crippen LogP contribution < -0.4 is 29.6 Å². The lowest BCUT2D eigenvalue weighted by atomic mass is 10.1. The van der Waals surface area contributed by atoms with Gasteiger partial charge in [0.25, 0.3) is 0 Å². The topological polar surface area (TPSA) is 121 Å². The van der Waals surface area contributed by atoms with Gasteiger partial charge < -0.3 is 34.3 Å². The first-order valence-corrected chi connectivity index (χ1v) is 10.2. The van der Waals surface area contributed by atoms with Crippen molar-refractivity contribution in [2.45, 2.75) is 13.3 Å². The molecule has 34 heavy (non-hydrogen) atoms. The van der Waals surface area contributed by atoms with Crippen molar-refractivity contribution in [1.29, 1.82) is 0 Å². The molecule has 0 aliphatic rings. The third-order valence-electron chi connectivity index (χ3n) is 4.53. The van der Waals surface area contributed by atoms with Gasteiger partial charge in [0.1, 0.15) is 29.6 Å². The summed E-state index contributed by atoms with van der Waals surface area (Å²) in [7, 11) is 6.00. The largest absolute Gasteiger partial charge is 0.496 e. The first-order chi connectivity index (χ1) is 16.3. The summed E-state index contributed by atoms with van der Waals surface area (Å²) >= 11 is 0. The quantitative estimate of drug-likeness (QED) is 0.378. The van der Waals surface area contributed by atoms with Crippen molar-refractivity contribution in [1.82, 2.24) is 0 Å². The Hall–Kier alpha value is -4.21. The highest BCUT2D eigenvalue weighted by atomic mass is 16.5. The zero-order valence-corrected chi connectivity index (χ0v) is 19.7. The zero-order valence-electron chi connectivity index (χ0n) is 19.7. The standard InChI is InChI=1S/C24H28N2O8/c1-15(27)34-11-10-24(29)26-19-12-16(6-8-20(19)31-3)25-23(28)9-7-18-21(32-4)13-17(30-2)14-22(18)33-5/h6-9,12-14H,10-11H2,1-5H3,(H,25,28)(H,26,29). The number of ether oxygens (including phenoxy) is 5. The van der Waals surface area contributed by atoms with Gasteiger partial charge >= 0.3 is 5.97 Å². The molecule has 0 atom stereocenters. The second-order valence-electron chi connectivity index (χ2n) is 6.82. The normalized spacial score (nSPS) is 10.4. The number of amides is 2. The number of hydrogen-bond donors (Lipinski definition) is 2. The van der Waals surface area contributed by atoms with E-state index in [4.69, 9.17) is 23.7 Å². The summed E-state index contributed by atoms with van der Waals surface area (Å²) < 4.78 is 26.0. The number of anilines is 2. The second-order valence-corrected chi connectivity index (χ2v) is 6.82. The van der Waals surface area contributed by atoms with Crippen molar-refractivity contribution in [2.75, 3.05) is 45.7 Å². The van der Waals surface area contributed by atoms with Gasteiger partial charge in [-0.1, -0.05) is 0 Å². The van der Waals surface area contributed by atoms with Crippen molar-refractivity contribution in [3.05, 3.63) is 42.0 Å². The molecule has 0 saturated carbocycles. The lowest BCUT2D eigenvalue weighted by Gasteiger charge is -2.13.